The van der Waals surface area contributed by atoms with Crippen LogP contribution in [0, 0.1) is 6.92 Å². The minimum Gasteiger partial charge on any atom is -0.325 e. The van der Waals surface area contributed by atoms with Gasteiger partial charge in [-0.15, -0.1) is 0 Å². The summed E-state index contributed by atoms with van der Waals surface area (Å²) in [7, 11) is -3.86. The number of fused-ring (bicyclic) bond motifs is 1. The van der Waals surface area contributed by atoms with Gasteiger partial charge in [0.05, 0.1) is 16.1 Å². The highest BCUT2D eigenvalue weighted by atomic mass is 32.2. The first kappa shape index (κ1) is 21.2. The summed E-state index contributed by atoms with van der Waals surface area (Å²) in [6.07, 6.45) is 1.74. The van der Waals surface area contributed by atoms with Crippen molar-refractivity contribution >= 4 is 43.2 Å². The molecule has 0 aliphatic heterocycles. The van der Waals surface area contributed by atoms with Crippen molar-refractivity contribution in [1.82, 2.24) is 8.68 Å². The molecule has 0 saturated heterocycles. The number of aromatic nitrogens is 1. The fraction of sp³-hybridized carbons (Fsp3) is 0.130. The molecule has 4 aromatic rings. The lowest BCUT2D eigenvalue weighted by Crippen LogP contribution is -2.37. The van der Waals surface area contributed by atoms with E-state index in [1.54, 1.807) is 36.5 Å². The van der Waals surface area contributed by atoms with Crippen LogP contribution in [0.25, 0.3) is 10.1 Å². The van der Waals surface area contributed by atoms with Crippen molar-refractivity contribution in [3.05, 3.63) is 90.1 Å². The molecule has 1 N–H and O–H groups in total. The number of benzene rings is 3. The van der Waals surface area contributed by atoms with Gasteiger partial charge >= 0.3 is 0 Å². The Morgan fingerprint density at radius 3 is 2.52 bits per heavy atom. The lowest BCUT2D eigenvalue weighted by Gasteiger charge is -2.22. The highest BCUT2D eigenvalue weighted by Gasteiger charge is 2.27. The fourth-order valence-corrected chi connectivity index (χ4v) is 5.19. The van der Waals surface area contributed by atoms with Crippen LogP contribution in [0.4, 0.5) is 5.69 Å². The third-order valence-electron chi connectivity index (χ3n) is 4.82. The number of sulfonamides is 1. The predicted octanol–water partition coefficient (Wildman–Crippen LogP) is 4.43. The zero-order valence-corrected chi connectivity index (χ0v) is 18.5. The quantitative estimate of drug-likeness (QED) is 0.451. The van der Waals surface area contributed by atoms with E-state index >= 15 is 0 Å². The molecule has 31 heavy (non-hydrogen) atoms. The number of nitrogens with one attached hydrogen (secondary N) is 1. The minimum atomic E-state index is -3.86. The molecular weight excluding hydrogens is 430 g/mol. The first-order valence-electron chi connectivity index (χ1n) is 9.67. The van der Waals surface area contributed by atoms with E-state index in [0.29, 0.717) is 5.69 Å². The van der Waals surface area contributed by atoms with Crippen LogP contribution in [0.2, 0.25) is 0 Å². The van der Waals surface area contributed by atoms with Crippen molar-refractivity contribution in [2.75, 3.05) is 11.9 Å². The molecular formula is C23H21N3O3S2. The van der Waals surface area contributed by atoms with Gasteiger partial charge in [0.25, 0.3) is 0 Å². The van der Waals surface area contributed by atoms with Gasteiger partial charge in [0.15, 0.2) is 0 Å². The third kappa shape index (κ3) is 4.99. The van der Waals surface area contributed by atoms with Gasteiger partial charge in [-0.25, -0.2) is 8.42 Å². The number of anilines is 1. The largest absolute Gasteiger partial charge is 0.325 e. The van der Waals surface area contributed by atoms with Crippen LogP contribution in [0.15, 0.2) is 83.9 Å². The lowest BCUT2D eigenvalue weighted by atomic mass is 10.2. The SMILES string of the molecule is Cc1ccc(S(=O)(=O)N(CC(=O)Nc2ccc3sncc3c2)Cc2ccccc2)cc1. The topological polar surface area (TPSA) is 79.4 Å². The Hall–Kier alpha value is -3.07. The van der Waals surface area contributed by atoms with Crippen molar-refractivity contribution in [3.63, 3.8) is 0 Å². The van der Waals surface area contributed by atoms with Crippen molar-refractivity contribution in [2.24, 2.45) is 0 Å². The summed E-state index contributed by atoms with van der Waals surface area (Å²) in [5.41, 5.74) is 2.37. The molecule has 158 valence electrons. The molecule has 0 bridgehead atoms. The van der Waals surface area contributed by atoms with E-state index in [-0.39, 0.29) is 18.0 Å². The highest BCUT2D eigenvalue weighted by molar-refractivity contribution is 7.89. The molecule has 1 amide bonds. The summed E-state index contributed by atoms with van der Waals surface area (Å²) in [6, 6.07) is 21.4. The average molecular weight is 452 g/mol. The third-order valence-corrected chi connectivity index (χ3v) is 7.40. The molecule has 1 aromatic heterocycles. The second-order valence-corrected chi connectivity index (χ2v) is 9.97. The maximum absolute atomic E-state index is 13.3. The lowest BCUT2D eigenvalue weighted by molar-refractivity contribution is -0.116. The number of carbonyl (C=O) groups is 1. The Morgan fingerprint density at radius 2 is 1.77 bits per heavy atom. The van der Waals surface area contributed by atoms with E-state index in [1.165, 1.54) is 15.8 Å². The second kappa shape index (κ2) is 8.97. The van der Waals surface area contributed by atoms with E-state index in [4.69, 9.17) is 0 Å². The van der Waals surface area contributed by atoms with Crippen molar-refractivity contribution in [1.29, 1.82) is 0 Å². The van der Waals surface area contributed by atoms with E-state index < -0.39 is 15.9 Å². The first-order chi connectivity index (χ1) is 14.9. The summed E-state index contributed by atoms with van der Waals surface area (Å²) in [6.45, 7) is 1.69. The molecule has 0 atom stereocenters. The Kier molecular flexibility index (Phi) is 6.13. The van der Waals surface area contributed by atoms with E-state index in [1.807, 2.05) is 49.4 Å². The molecule has 0 radical (unpaired) electrons. The van der Waals surface area contributed by atoms with Crippen molar-refractivity contribution < 1.29 is 13.2 Å². The Balaban J connectivity index is 1.58. The van der Waals surface area contributed by atoms with Crippen LogP contribution in [-0.4, -0.2) is 29.5 Å². The van der Waals surface area contributed by atoms with Crippen LogP contribution in [0.1, 0.15) is 11.1 Å². The molecule has 0 saturated carbocycles. The molecule has 0 aliphatic rings. The Labute approximate surface area is 185 Å². The summed E-state index contributed by atoms with van der Waals surface area (Å²) in [4.78, 5) is 12.9. The molecule has 0 unspecified atom stereocenters. The van der Waals surface area contributed by atoms with Crippen LogP contribution < -0.4 is 5.32 Å². The molecule has 6 nitrogen and oxygen atoms in total. The number of rotatable bonds is 7. The second-order valence-electron chi connectivity index (χ2n) is 7.20. The number of nitrogens with zero attached hydrogens (tertiary/aromatic N) is 2. The molecule has 0 fully saturated rings. The summed E-state index contributed by atoms with van der Waals surface area (Å²) in [5.74, 6) is -0.408. The van der Waals surface area contributed by atoms with Gasteiger partial charge in [-0.3, -0.25) is 4.79 Å². The van der Waals surface area contributed by atoms with Crippen LogP contribution >= 0.6 is 11.5 Å². The van der Waals surface area contributed by atoms with Gasteiger partial charge < -0.3 is 5.32 Å². The van der Waals surface area contributed by atoms with Crippen LogP contribution in [0.3, 0.4) is 0 Å². The smallest absolute Gasteiger partial charge is 0.243 e. The van der Waals surface area contributed by atoms with Gasteiger partial charge in [-0.05, 0) is 54.4 Å². The molecule has 8 heteroatoms. The van der Waals surface area contributed by atoms with Crippen LogP contribution in [-0.2, 0) is 21.4 Å². The monoisotopic (exact) mass is 451 g/mol. The zero-order valence-electron chi connectivity index (χ0n) is 16.9. The van der Waals surface area contributed by atoms with Gasteiger partial charge in [-0.1, -0.05) is 48.0 Å². The Morgan fingerprint density at radius 1 is 1.03 bits per heavy atom. The summed E-state index contributed by atoms with van der Waals surface area (Å²) in [5, 5.41) is 3.73. The van der Waals surface area contributed by atoms with E-state index in [0.717, 1.165) is 21.2 Å². The van der Waals surface area contributed by atoms with Crippen molar-refractivity contribution in [2.45, 2.75) is 18.4 Å². The maximum atomic E-state index is 13.3. The number of hydrogen-bond acceptors (Lipinski definition) is 5. The standard InChI is InChI=1S/C23H21N3O3S2/c1-17-7-10-21(11-8-17)31(28,29)26(15-18-5-3-2-4-6-18)16-23(27)25-20-9-12-22-19(13-20)14-24-30-22/h2-14H,15-16H2,1H3,(H,25,27). The maximum Gasteiger partial charge on any atom is 0.243 e. The minimum absolute atomic E-state index is 0.0952. The molecule has 0 aliphatic carbocycles. The first-order valence-corrected chi connectivity index (χ1v) is 11.9. The number of aryl methyl sites for hydroxylation is 1. The number of hydrogen-bond donors (Lipinski definition) is 1. The molecule has 0 spiro atoms. The number of carbonyl (C=O) groups excluding carboxylic acids is 1. The highest BCUT2D eigenvalue weighted by Crippen LogP contribution is 2.23. The van der Waals surface area contributed by atoms with Gasteiger partial charge in [0.1, 0.15) is 0 Å². The van der Waals surface area contributed by atoms with Gasteiger partial charge in [-0.2, -0.15) is 8.68 Å². The normalized spacial score (nSPS) is 11.7. The predicted molar refractivity (Wildman–Crippen MR) is 123 cm³/mol. The van der Waals surface area contributed by atoms with Gasteiger partial charge in [0.2, 0.25) is 15.9 Å². The summed E-state index contributed by atoms with van der Waals surface area (Å²) >= 11 is 1.38. The van der Waals surface area contributed by atoms with Gasteiger partial charge in [0, 0.05) is 23.8 Å². The Bertz CT molecular complexity index is 1300. The fourth-order valence-electron chi connectivity index (χ4n) is 3.18. The summed E-state index contributed by atoms with van der Waals surface area (Å²) < 4.78 is 33.0. The van der Waals surface area contributed by atoms with Crippen LogP contribution in [0.5, 0.6) is 0 Å². The van der Waals surface area contributed by atoms with Crippen molar-refractivity contribution in [3.8, 4) is 0 Å². The molecule has 3 aromatic carbocycles. The molecule has 1 heterocycles. The van der Waals surface area contributed by atoms with E-state index in [2.05, 4.69) is 9.69 Å². The zero-order chi connectivity index (χ0) is 21.8. The number of amides is 1. The van der Waals surface area contributed by atoms with E-state index in [9.17, 15) is 13.2 Å². The molecule has 4 rings (SSSR count). The average Bonchev–Trinajstić information content (AvgIpc) is 3.22.